The van der Waals surface area contributed by atoms with Gasteiger partial charge in [-0.2, -0.15) is 0 Å². The van der Waals surface area contributed by atoms with E-state index >= 15 is 0 Å². The number of anilines is 1. The van der Waals surface area contributed by atoms with Crippen LogP contribution in [0.25, 0.3) is 0 Å². The Bertz CT molecular complexity index is 1950. The topological polar surface area (TPSA) is 102 Å². The number of benzene rings is 2. The highest BCUT2D eigenvalue weighted by molar-refractivity contribution is 7.92. The Hall–Kier alpha value is -3.31. The molecule has 0 radical (unpaired) electrons. The van der Waals surface area contributed by atoms with Crippen molar-refractivity contribution < 1.29 is 23.3 Å². The molecule has 9 nitrogen and oxygen atoms in total. The Morgan fingerprint density at radius 1 is 1.16 bits per heavy atom. The molecule has 6 atom stereocenters. The molecular formula is C38H44Cl2N4O5S. The molecule has 1 fully saturated rings. The lowest BCUT2D eigenvalue weighted by molar-refractivity contribution is 0.0131. The summed E-state index contributed by atoms with van der Waals surface area (Å²) in [5, 5.41) is 1.09. The van der Waals surface area contributed by atoms with E-state index in [0.717, 1.165) is 49.4 Å². The number of carbonyl (C=O) groups is 2. The molecule has 7 rings (SSSR count). The minimum absolute atomic E-state index is 0.00872. The largest absolute Gasteiger partial charge is 0.490 e. The van der Waals surface area contributed by atoms with E-state index in [0.29, 0.717) is 42.3 Å². The van der Waals surface area contributed by atoms with Crippen LogP contribution in [0.2, 0.25) is 10.2 Å². The Morgan fingerprint density at radius 2 is 2.00 bits per heavy atom. The van der Waals surface area contributed by atoms with E-state index in [1.54, 1.807) is 31.0 Å². The standard InChI is InChI=1S/C38H44Cl2N4O5S/c1-24-6-4-8-33(48-3)30-12-9-27(30)20-44-22-38(15-5-7-25-16-29(39)11-13-31(25)38)23-49-34-14-10-26(17-32(34)44)36(45)41-50(47,21-24)42-37(46)28-18-35(40)43(2)19-28/h4,8,10-11,13-14,16-19,24,27,30,33H,5-7,9,12,15,20-23H2,1-3H3,(H,41,42,45,46,47)/b8-4+/t24-,27-,30+,33-,38-,50?/m0/s1. The molecule has 0 saturated heterocycles. The van der Waals surface area contributed by atoms with Crippen LogP contribution in [0.5, 0.6) is 5.75 Å². The predicted molar refractivity (Wildman–Crippen MR) is 198 cm³/mol. The van der Waals surface area contributed by atoms with Gasteiger partial charge in [0.2, 0.25) is 0 Å². The van der Waals surface area contributed by atoms with Crippen LogP contribution in [-0.2, 0) is 33.5 Å². The summed E-state index contributed by atoms with van der Waals surface area (Å²) in [6.07, 6.45) is 11.4. The van der Waals surface area contributed by atoms with Gasteiger partial charge < -0.3 is 18.9 Å². The number of hydrogen-bond acceptors (Lipinski definition) is 6. The summed E-state index contributed by atoms with van der Waals surface area (Å²) in [5.74, 6) is -0.0110. The number of methoxy groups -OCH3 is 1. The van der Waals surface area contributed by atoms with Crippen LogP contribution in [0.1, 0.15) is 70.9 Å². The summed E-state index contributed by atoms with van der Waals surface area (Å²) in [6, 6.07) is 13.0. The predicted octanol–water partition coefficient (Wildman–Crippen LogP) is 7.40. The lowest BCUT2D eigenvalue weighted by Gasteiger charge is -2.46. The van der Waals surface area contributed by atoms with Gasteiger partial charge in [0.15, 0.2) is 0 Å². The first kappa shape index (κ1) is 35.1. The fourth-order valence-electron chi connectivity index (χ4n) is 8.23. The first-order valence-electron chi connectivity index (χ1n) is 17.4. The molecule has 2 aliphatic heterocycles. The van der Waals surface area contributed by atoms with E-state index in [4.69, 9.17) is 32.7 Å². The van der Waals surface area contributed by atoms with Gasteiger partial charge in [-0.3, -0.25) is 14.3 Å². The van der Waals surface area contributed by atoms with E-state index < -0.39 is 21.7 Å². The van der Waals surface area contributed by atoms with Crippen molar-refractivity contribution in [2.45, 2.75) is 57.0 Å². The number of amides is 2. The van der Waals surface area contributed by atoms with Crippen molar-refractivity contribution in [2.75, 3.05) is 37.5 Å². The molecule has 50 heavy (non-hydrogen) atoms. The molecule has 3 aromatic rings. The Kier molecular flexibility index (Phi) is 9.84. The average Bonchev–Trinajstić information content (AvgIpc) is 3.33. The zero-order valence-electron chi connectivity index (χ0n) is 28.7. The minimum Gasteiger partial charge on any atom is -0.490 e. The van der Waals surface area contributed by atoms with Crippen LogP contribution in [0, 0.1) is 17.8 Å². The van der Waals surface area contributed by atoms with Gasteiger partial charge in [-0.25, -0.2) is 4.21 Å². The average molecular weight is 740 g/mol. The summed E-state index contributed by atoms with van der Waals surface area (Å²) < 4.78 is 35.6. The van der Waals surface area contributed by atoms with Gasteiger partial charge in [0.25, 0.3) is 11.8 Å². The first-order valence-corrected chi connectivity index (χ1v) is 19.8. The maximum Gasteiger partial charge on any atom is 0.286 e. The maximum absolute atomic E-state index is 14.5. The van der Waals surface area contributed by atoms with E-state index in [-0.39, 0.29) is 34.3 Å². The molecule has 2 aromatic carbocycles. The van der Waals surface area contributed by atoms with Crippen LogP contribution in [0.4, 0.5) is 5.69 Å². The van der Waals surface area contributed by atoms with Crippen LogP contribution in [0.3, 0.4) is 0 Å². The zero-order chi connectivity index (χ0) is 35.2. The number of fused-ring (bicyclic) bond motifs is 4. The Morgan fingerprint density at radius 3 is 2.74 bits per heavy atom. The third kappa shape index (κ3) is 6.96. The molecular weight excluding hydrogens is 695 g/mol. The van der Waals surface area contributed by atoms with Gasteiger partial charge in [-0.05, 0) is 104 Å². The molecule has 266 valence electrons. The van der Waals surface area contributed by atoms with Gasteiger partial charge in [0.05, 0.1) is 29.7 Å². The third-order valence-corrected chi connectivity index (χ3v) is 13.6. The second-order valence-corrected chi connectivity index (χ2v) is 17.4. The number of allylic oxidation sites excluding steroid dienone is 1. The highest BCUT2D eigenvalue weighted by Gasteiger charge is 2.44. The fraction of sp³-hybridized carbons (Fsp3) is 0.474. The summed E-state index contributed by atoms with van der Waals surface area (Å²) in [5.41, 5.74) is 3.60. The van der Waals surface area contributed by atoms with E-state index in [1.165, 1.54) is 17.2 Å². The van der Waals surface area contributed by atoms with Crippen LogP contribution in [0.15, 0.2) is 65.2 Å². The number of halogens is 2. The number of aryl methyl sites for hydroxylation is 2. The van der Waals surface area contributed by atoms with Gasteiger partial charge in [-0.15, -0.1) is 4.36 Å². The number of nitrogens with zero attached hydrogens (tertiary/aromatic N) is 3. The number of ether oxygens (including phenoxy) is 2. The van der Waals surface area contributed by atoms with E-state index in [2.05, 4.69) is 38.3 Å². The van der Waals surface area contributed by atoms with Crippen molar-refractivity contribution in [3.63, 3.8) is 0 Å². The summed E-state index contributed by atoms with van der Waals surface area (Å²) in [6.45, 7) is 3.93. The second kappa shape index (κ2) is 14.0. The van der Waals surface area contributed by atoms with Crippen LogP contribution >= 0.6 is 23.2 Å². The number of carbonyl (C=O) groups excluding carboxylic acids is 2. The lowest BCUT2D eigenvalue weighted by Crippen LogP contribution is -2.49. The monoisotopic (exact) mass is 738 g/mol. The van der Waals surface area contributed by atoms with Crippen molar-refractivity contribution in [3.8, 4) is 5.75 Å². The van der Waals surface area contributed by atoms with Gasteiger partial charge in [0, 0.05) is 49.4 Å². The molecule has 3 heterocycles. The van der Waals surface area contributed by atoms with Crippen molar-refractivity contribution in [3.05, 3.63) is 93.2 Å². The van der Waals surface area contributed by atoms with Gasteiger partial charge >= 0.3 is 0 Å². The molecule has 1 spiro atoms. The molecule has 1 unspecified atom stereocenters. The lowest BCUT2D eigenvalue weighted by atomic mass is 9.68. The number of aromatic nitrogens is 1. The van der Waals surface area contributed by atoms with Gasteiger partial charge in [-0.1, -0.05) is 48.3 Å². The third-order valence-electron chi connectivity index (χ3n) is 11.0. The smallest absolute Gasteiger partial charge is 0.286 e. The molecule has 2 aliphatic carbocycles. The second-order valence-electron chi connectivity index (χ2n) is 14.6. The van der Waals surface area contributed by atoms with Crippen LogP contribution < -0.4 is 14.4 Å². The zero-order valence-corrected chi connectivity index (χ0v) is 31.0. The summed E-state index contributed by atoms with van der Waals surface area (Å²) in [7, 11) is -0.0713. The Balaban J connectivity index is 1.30. The van der Waals surface area contributed by atoms with Crippen molar-refractivity contribution in [1.82, 2.24) is 9.29 Å². The molecule has 2 amide bonds. The number of hydrogen-bond donors (Lipinski definition) is 1. The quantitative estimate of drug-likeness (QED) is 0.281. The minimum atomic E-state index is -3.54. The van der Waals surface area contributed by atoms with E-state index in [1.807, 2.05) is 25.1 Å². The maximum atomic E-state index is 14.5. The highest BCUT2D eigenvalue weighted by atomic mass is 35.5. The first-order chi connectivity index (χ1) is 24.0. The van der Waals surface area contributed by atoms with Gasteiger partial charge in [0.1, 0.15) is 20.8 Å². The molecule has 1 aromatic heterocycles. The molecule has 12 heteroatoms. The molecule has 4 aliphatic rings. The SMILES string of the molecule is CO[C@H]1/C=C/C[C@H](C)CS(=O)(NC(=O)c2cc(Cl)n(C)c2)=NC(=O)c2ccc3c(c2)N(C[C@@H]2CC[C@H]21)C[C@@]1(CCCc2cc(Cl)ccc21)CO3. The normalized spacial score (nSPS) is 30.2. The fourth-order valence-corrected chi connectivity index (χ4v) is 10.5. The summed E-state index contributed by atoms with van der Waals surface area (Å²) in [4.78, 5) is 29.7. The van der Waals surface area contributed by atoms with Crippen molar-refractivity contribution >= 4 is 50.6 Å². The number of nitrogens with one attached hydrogen (secondary N) is 1. The van der Waals surface area contributed by atoms with E-state index in [9.17, 15) is 13.8 Å². The van der Waals surface area contributed by atoms with Crippen molar-refractivity contribution in [2.24, 2.45) is 29.2 Å². The number of rotatable bonds is 3. The molecule has 1 saturated carbocycles. The Labute approximate surface area is 304 Å². The summed E-state index contributed by atoms with van der Waals surface area (Å²) >= 11 is 12.6. The van der Waals surface area contributed by atoms with Crippen molar-refractivity contribution in [1.29, 1.82) is 0 Å². The van der Waals surface area contributed by atoms with Crippen LogP contribution in [-0.4, -0.2) is 59.3 Å². The highest BCUT2D eigenvalue weighted by Crippen LogP contribution is 2.47. The molecule has 1 N–H and O–H groups in total. The molecule has 2 bridgehead atoms.